The molecule has 0 amide bonds. The fourth-order valence-corrected chi connectivity index (χ4v) is 6.09. The van der Waals surface area contributed by atoms with Gasteiger partial charge in [-0.05, 0) is 36.8 Å². The Morgan fingerprint density at radius 2 is 1.73 bits per heavy atom. The van der Waals surface area contributed by atoms with Gasteiger partial charge in [0.2, 0.25) is 0 Å². The lowest BCUT2D eigenvalue weighted by molar-refractivity contribution is -0.145. The van der Waals surface area contributed by atoms with E-state index in [-0.39, 0.29) is 11.5 Å². The second-order valence-electron chi connectivity index (χ2n) is 6.59. The van der Waals surface area contributed by atoms with Crippen LogP contribution in [0, 0.1) is 12.3 Å². The highest BCUT2D eigenvalue weighted by atomic mass is 35.5. The van der Waals surface area contributed by atoms with Gasteiger partial charge in [0, 0.05) is 18.1 Å². The van der Waals surface area contributed by atoms with Crippen LogP contribution in [0.1, 0.15) is 17.0 Å². The third kappa shape index (κ3) is 2.92. The molecule has 0 radical (unpaired) electrons. The molecule has 0 aromatic heterocycles. The zero-order valence-electron chi connectivity index (χ0n) is 14.3. The third-order valence-corrected chi connectivity index (χ3v) is 7.49. The first-order valence-corrected chi connectivity index (χ1v) is 9.96. The average Bonchev–Trinajstić information content (AvgIpc) is 3.27. The summed E-state index contributed by atoms with van der Waals surface area (Å²) < 4.78 is 31.5. The van der Waals surface area contributed by atoms with Gasteiger partial charge < -0.3 is 9.84 Å². The van der Waals surface area contributed by atoms with Gasteiger partial charge in [0.25, 0.3) is 0 Å². The van der Waals surface area contributed by atoms with Crippen molar-refractivity contribution in [3.63, 3.8) is 0 Å². The summed E-state index contributed by atoms with van der Waals surface area (Å²) in [6.07, 6.45) is 0. The van der Waals surface area contributed by atoms with E-state index < -0.39 is 32.4 Å². The molecule has 5 nitrogen and oxygen atoms in total. The lowest BCUT2D eigenvalue weighted by atomic mass is 9.99. The summed E-state index contributed by atoms with van der Waals surface area (Å²) in [4.78, 5) is 12.2. The van der Waals surface area contributed by atoms with E-state index in [0.717, 1.165) is 5.56 Å². The average molecular weight is 395 g/mol. The van der Waals surface area contributed by atoms with Crippen LogP contribution in [-0.4, -0.2) is 38.5 Å². The van der Waals surface area contributed by atoms with E-state index in [4.69, 9.17) is 16.3 Å². The van der Waals surface area contributed by atoms with E-state index in [9.17, 15) is 18.3 Å². The van der Waals surface area contributed by atoms with Crippen LogP contribution in [0.25, 0.3) is 0 Å². The Labute approximate surface area is 157 Å². The summed E-state index contributed by atoms with van der Waals surface area (Å²) in [5.74, 6) is -1.85. The molecule has 1 saturated carbocycles. The Balaban J connectivity index is 2.11. The van der Waals surface area contributed by atoms with E-state index in [1.54, 1.807) is 12.1 Å². The number of carboxylic acids is 1. The molecule has 1 aliphatic carbocycles. The number of benzene rings is 2. The molecule has 26 heavy (non-hydrogen) atoms. The van der Waals surface area contributed by atoms with E-state index in [0.29, 0.717) is 10.6 Å². The van der Waals surface area contributed by atoms with Crippen molar-refractivity contribution in [2.24, 2.45) is 5.41 Å². The molecule has 0 saturated heterocycles. The van der Waals surface area contributed by atoms with Gasteiger partial charge in [0.1, 0.15) is 5.41 Å². The van der Waals surface area contributed by atoms with Crippen LogP contribution in [0.2, 0.25) is 5.02 Å². The number of rotatable bonds is 6. The summed E-state index contributed by atoms with van der Waals surface area (Å²) in [5, 5.41) is 9.19. The van der Waals surface area contributed by atoms with Crippen molar-refractivity contribution in [2.45, 2.75) is 23.0 Å². The molecular weight excluding hydrogens is 376 g/mol. The minimum Gasteiger partial charge on any atom is -0.481 e. The number of hydrogen-bond acceptors (Lipinski definition) is 4. The lowest BCUT2D eigenvalue weighted by Crippen LogP contribution is -2.28. The number of ether oxygens (including phenoxy) is 1. The first-order chi connectivity index (χ1) is 12.2. The maximum atomic E-state index is 13.2. The Morgan fingerprint density at radius 3 is 2.23 bits per heavy atom. The van der Waals surface area contributed by atoms with Gasteiger partial charge in [0.15, 0.2) is 9.84 Å². The normalized spacial score (nSPS) is 25.0. The van der Waals surface area contributed by atoms with Gasteiger partial charge in [0.05, 0.1) is 16.8 Å². The molecule has 0 heterocycles. The Bertz CT molecular complexity index is 921. The molecule has 1 fully saturated rings. The maximum Gasteiger partial charge on any atom is 0.314 e. The van der Waals surface area contributed by atoms with Gasteiger partial charge in [-0.3, -0.25) is 4.79 Å². The van der Waals surface area contributed by atoms with Crippen molar-refractivity contribution in [3.8, 4) is 0 Å². The molecule has 0 unspecified atom stereocenters. The van der Waals surface area contributed by atoms with Gasteiger partial charge in [-0.15, -0.1) is 0 Å². The van der Waals surface area contributed by atoms with E-state index in [2.05, 4.69) is 0 Å². The van der Waals surface area contributed by atoms with Gasteiger partial charge in [-0.1, -0.05) is 41.4 Å². The Morgan fingerprint density at radius 1 is 1.15 bits per heavy atom. The largest absolute Gasteiger partial charge is 0.481 e. The second-order valence-corrected chi connectivity index (χ2v) is 9.09. The number of halogens is 1. The number of sulfone groups is 1. The van der Waals surface area contributed by atoms with Gasteiger partial charge in [-0.25, -0.2) is 8.42 Å². The summed E-state index contributed by atoms with van der Waals surface area (Å²) in [7, 11) is -2.51. The third-order valence-electron chi connectivity index (χ3n) is 4.95. The van der Waals surface area contributed by atoms with Crippen molar-refractivity contribution in [2.75, 3.05) is 13.7 Å². The van der Waals surface area contributed by atoms with Crippen molar-refractivity contribution in [3.05, 3.63) is 64.7 Å². The van der Waals surface area contributed by atoms with Gasteiger partial charge in [-0.2, -0.15) is 0 Å². The molecule has 7 heteroatoms. The predicted molar refractivity (Wildman–Crippen MR) is 98.3 cm³/mol. The summed E-state index contributed by atoms with van der Waals surface area (Å²) in [6, 6.07) is 13.0. The Hall–Kier alpha value is -1.89. The highest BCUT2D eigenvalue weighted by molar-refractivity contribution is 7.92. The lowest BCUT2D eigenvalue weighted by Gasteiger charge is -2.12. The molecule has 1 aliphatic rings. The van der Waals surface area contributed by atoms with Crippen LogP contribution in [0.15, 0.2) is 53.4 Å². The monoisotopic (exact) mass is 394 g/mol. The zero-order chi connectivity index (χ0) is 19.1. The SMILES string of the molecule is COC[C@]1(C(=O)O)[C@H](c2ccc(C)cc2)[C@H]1S(=O)(=O)c1ccc(Cl)cc1. The molecule has 0 bridgehead atoms. The fourth-order valence-electron chi connectivity index (χ4n) is 3.60. The smallest absolute Gasteiger partial charge is 0.314 e. The van der Waals surface area contributed by atoms with Crippen LogP contribution in [-0.2, 0) is 19.4 Å². The highest BCUT2D eigenvalue weighted by Crippen LogP contribution is 2.64. The van der Waals surface area contributed by atoms with E-state index in [1.165, 1.54) is 31.4 Å². The Kier molecular flexibility index (Phi) is 4.86. The molecule has 2 aromatic carbocycles. The standard InChI is InChI=1S/C19H19ClO5S/c1-12-3-5-13(6-4-12)16-17(19(16,11-25-2)18(21)22)26(23,24)15-9-7-14(20)8-10-15/h3-10,16-17H,11H2,1-2H3,(H,21,22)/t16-,17-,19+/m1/s1. The quantitative estimate of drug-likeness (QED) is 0.812. The number of methoxy groups -OCH3 is 1. The molecule has 3 atom stereocenters. The summed E-state index contributed by atoms with van der Waals surface area (Å²) in [6.45, 7) is 1.73. The fraction of sp³-hybridized carbons (Fsp3) is 0.316. The number of aryl methyl sites for hydroxylation is 1. The number of hydrogen-bond donors (Lipinski definition) is 1. The van der Waals surface area contributed by atoms with E-state index >= 15 is 0 Å². The van der Waals surface area contributed by atoms with Crippen LogP contribution >= 0.6 is 11.6 Å². The highest BCUT2D eigenvalue weighted by Gasteiger charge is 2.76. The summed E-state index contributed by atoms with van der Waals surface area (Å²) in [5.41, 5.74) is 0.180. The van der Waals surface area contributed by atoms with Crippen LogP contribution in [0.4, 0.5) is 0 Å². The molecule has 0 aliphatic heterocycles. The van der Waals surface area contributed by atoms with E-state index in [1.807, 2.05) is 19.1 Å². The molecule has 2 aromatic rings. The number of aliphatic carboxylic acids is 1. The molecule has 138 valence electrons. The predicted octanol–water partition coefficient (Wildman–Crippen LogP) is 3.31. The minimum atomic E-state index is -3.88. The zero-order valence-corrected chi connectivity index (χ0v) is 15.9. The first-order valence-electron chi connectivity index (χ1n) is 8.03. The number of carbonyl (C=O) groups is 1. The van der Waals surface area contributed by atoms with Crippen LogP contribution < -0.4 is 0 Å². The van der Waals surface area contributed by atoms with Crippen molar-refractivity contribution in [1.29, 1.82) is 0 Å². The van der Waals surface area contributed by atoms with Crippen LogP contribution in [0.3, 0.4) is 0 Å². The van der Waals surface area contributed by atoms with Crippen LogP contribution in [0.5, 0.6) is 0 Å². The molecule has 0 spiro atoms. The van der Waals surface area contributed by atoms with Gasteiger partial charge >= 0.3 is 5.97 Å². The van der Waals surface area contributed by atoms with Crippen molar-refractivity contribution >= 4 is 27.4 Å². The topological polar surface area (TPSA) is 80.7 Å². The molecular formula is C19H19ClO5S. The maximum absolute atomic E-state index is 13.2. The van der Waals surface area contributed by atoms with Crippen molar-refractivity contribution in [1.82, 2.24) is 0 Å². The second kappa shape index (κ2) is 6.68. The van der Waals surface area contributed by atoms with Crippen molar-refractivity contribution < 1.29 is 23.1 Å². The molecule has 1 N–H and O–H groups in total. The molecule has 3 rings (SSSR count). The summed E-state index contributed by atoms with van der Waals surface area (Å²) >= 11 is 5.84. The number of carboxylic acid groups (broad SMARTS) is 1. The minimum absolute atomic E-state index is 0.0586. The first kappa shape index (κ1) is 18.9.